The lowest BCUT2D eigenvalue weighted by atomic mass is 9.87. The summed E-state index contributed by atoms with van der Waals surface area (Å²) in [4.78, 5) is 2.37. The van der Waals surface area contributed by atoms with Crippen molar-refractivity contribution in [1.82, 2.24) is 0 Å². The summed E-state index contributed by atoms with van der Waals surface area (Å²) in [5.74, 6) is 0. The van der Waals surface area contributed by atoms with E-state index in [9.17, 15) is 0 Å². The van der Waals surface area contributed by atoms with Gasteiger partial charge in [-0.05, 0) is 74.8 Å². The molecule has 46 heavy (non-hydrogen) atoms. The van der Waals surface area contributed by atoms with Crippen LogP contribution in [0.2, 0.25) is 0 Å². The van der Waals surface area contributed by atoms with Crippen molar-refractivity contribution < 1.29 is 4.42 Å². The Morgan fingerprint density at radius 3 is 1.89 bits per heavy atom. The predicted molar refractivity (Wildman–Crippen MR) is 195 cm³/mol. The summed E-state index contributed by atoms with van der Waals surface area (Å²) < 4.78 is 6.39. The van der Waals surface area contributed by atoms with Crippen LogP contribution in [-0.2, 0) is 5.41 Å². The molecule has 0 bridgehead atoms. The van der Waals surface area contributed by atoms with Crippen LogP contribution in [-0.4, -0.2) is 0 Å². The number of anilines is 3. The van der Waals surface area contributed by atoms with Gasteiger partial charge in [-0.3, -0.25) is 0 Å². The molecule has 8 rings (SSSR count). The van der Waals surface area contributed by atoms with E-state index in [0.717, 1.165) is 39.0 Å². The van der Waals surface area contributed by atoms with E-state index in [2.05, 4.69) is 171 Å². The van der Waals surface area contributed by atoms with Crippen LogP contribution < -0.4 is 4.90 Å². The third-order valence-electron chi connectivity index (χ3n) is 9.04. The normalized spacial score (nSPS) is 11.8. The van der Waals surface area contributed by atoms with Gasteiger partial charge in [-0.25, -0.2) is 0 Å². The van der Waals surface area contributed by atoms with E-state index >= 15 is 0 Å². The molecular weight excluding hydrogens is 558 g/mol. The summed E-state index contributed by atoms with van der Waals surface area (Å²) >= 11 is 0. The molecule has 222 valence electrons. The van der Waals surface area contributed by atoms with Crippen molar-refractivity contribution in [2.75, 3.05) is 4.90 Å². The highest BCUT2D eigenvalue weighted by Crippen LogP contribution is 2.45. The quantitative estimate of drug-likeness (QED) is 0.197. The van der Waals surface area contributed by atoms with E-state index in [1.54, 1.807) is 0 Å². The fourth-order valence-electron chi connectivity index (χ4n) is 6.71. The first-order valence-corrected chi connectivity index (χ1v) is 15.9. The summed E-state index contributed by atoms with van der Waals surface area (Å²) in [5, 5.41) is 4.73. The molecule has 2 nitrogen and oxygen atoms in total. The van der Waals surface area contributed by atoms with Crippen LogP contribution in [0.4, 0.5) is 17.1 Å². The lowest BCUT2D eigenvalue weighted by molar-refractivity contribution is 0.590. The predicted octanol–water partition coefficient (Wildman–Crippen LogP) is 12.8. The maximum absolute atomic E-state index is 6.39. The van der Waals surface area contributed by atoms with Gasteiger partial charge in [0.25, 0.3) is 0 Å². The summed E-state index contributed by atoms with van der Waals surface area (Å²) in [7, 11) is 0. The van der Waals surface area contributed by atoms with Crippen LogP contribution in [0.25, 0.3) is 55.0 Å². The Labute approximate surface area is 270 Å². The molecule has 8 aromatic rings. The summed E-state index contributed by atoms with van der Waals surface area (Å²) in [5.41, 5.74) is 11.2. The smallest absolute Gasteiger partial charge is 0.137 e. The lowest BCUT2D eigenvalue weighted by Gasteiger charge is -2.29. The maximum Gasteiger partial charge on any atom is 0.137 e. The number of nitrogens with zero attached hydrogens (tertiary/aromatic N) is 1. The van der Waals surface area contributed by atoms with Gasteiger partial charge in [-0.15, -0.1) is 0 Å². The average molecular weight is 594 g/mol. The van der Waals surface area contributed by atoms with E-state index in [4.69, 9.17) is 4.42 Å². The van der Waals surface area contributed by atoms with E-state index in [-0.39, 0.29) is 5.41 Å². The Kier molecular flexibility index (Phi) is 6.73. The molecule has 0 unspecified atom stereocenters. The van der Waals surface area contributed by atoms with Crippen molar-refractivity contribution in [3.63, 3.8) is 0 Å². The fourth-order valence-corrected chi connectivity index (χ4v) is 6.71. The Balaban J connectivity index is 1.38. The highest BCUT2D eigenvalue weighted by atomic mass is 16.3. The number of hydrogen-bond acceptors (Lipinski definition) is 2. The first-order valence-electron chi connectivity index (χ1n) is 15.9. The van der Waals surface area contributed by atoms with E-state index < -0.39 is 0 Å². The summed E-state index contributed by atoms with van der Waals surface area (Å²) in [6, 6.07) is 56.6. The minimum Gasteiger partial charge on any atom is -0.456 e. The second-order valence-electron chi connectivity index (χ2n) is 13.0. The zero-order valence-electron chi connectivity index (χ0n) is 26.4. The lowest BCUT2D eigenvalue weighted by Crippen LogP contribution is -2.13. The highest BCUT2D eigenvalue weighted by molar-refractivity contribution is 6.09. The van der Waals surface area contributed by atoms with Crippen LogP contribution in [0.3, 0.4) is 0 Å². The van der Waals surface area contributed by atoms with Gasteiger partial charge in [-0.2, -0.15) is 0 Å². The molecular formula is C44H35NO. The second kappa shape index (κ2) is 11.1. The fraction of sp³-hybridized carbons (Fsp3) is 0.0909. The molecule has 1 heterocycles. The van der Waals surface area contributed by atoms with Gasteiger partial charge >= 0.3 is 0 Å². The van der Waals surface area contributed by atoms with Crippen LogP contribution >= 0.6 is 0 Å². The van der Waals surface area contributed by atoms with Gasteiger partial charge in [-0.1, -0.05) is 136 Å². The highest BCUT2D eigenvalue weighted by Gasteiger charge is 2.21. The van der Waals surface area contributed by atoms with E-state index in [1.807, 2.05) is 12.1 Å². The number of benzene rings is 7. The van der Waals surface area contributed by atoms with Crippen molar-refractivity contribution in [3.8, 4) is 22.3 Å². The van der Waals surface area contributed by atoms with Gasteiger partial charge in [0.15, 0.2) is 0 Å². The molecule has 7 aromatic carbocycles. The maximum atomic E-state index is 6.39. The molecule has 0 aliphatic rings. The van der Waals surface area contributed by atoms with Gasteiger partial charge in [0.05, 0.1) is 5.69 Å². The molecule has 0 radical (unpaired) electrons. The van der Waals surface area contributed by atoms with Gasteiger partial charge in [0.2, 0.25) is 0 Å². The monoisotopic (exact) mass is 593 g/mol. The minimum absolute atomic E-state index is 0.0608. The molecule has 0 fully saturated rings. The number of rotatable bonds is 5. The third kappa shape index (κ3) is 4.83. The first kappa shape index (κ1) is 27.9. The average Bonchev–Trinajstić information content (AvgIpc) is 3.46. The van der Waals surface area contributed by atoms with E-state index in [0.29, 0.717) is 0 Å². The molecule has 0 N–H and O–H groups in total. The van der Waals surface area contributed by atoms with Crippen molar-refractivity contribution >= 4 is 49.8 Å². The zero-order chi connectivity index (χ0) is 31.3. The molecule has 0 amide bonds. The van der Waals surface area contributed by atoms with E-state index in [1.165, 1.54) is 38.6 Å². The van der Waals surface area contributed by atoms with Crippen LogP contribution in [0.1, 0.15) is 26.3 Å². The van der Waals surface area contributed by atoms with Crippen LogP contribution in [0, 0.1) is 0 Å². The largest absolute Gasteiger partial charge is 0.456 e. The molecule has 0 saturated carbocycles. The molecule has 0 aliphatic heterocycles. The molecule has 0 saturated heterocycles. The van der Waals surface area contributed by atoms with Crippen LogP contribution in [0.15, 0.2) is 162 Å². The number of fused-ring (bicyclic) bond motifs is 4. The molecule has 0 atom stereocenters. The number of hydrogen-bond donors (Lipinski definition) is 0. The van der Waals surface area contributed by atoms with Crippen LogP contribution in [0.5, 0.6) is 0 Å². The van der Waals surface area contributed by atoms with Crippen molar-refractivity contribution in [2.45, 2.75) is 26.2 Å². The number of furan rings is 1. The molecule has 0 spiro atoms. The number of para-hydroxylation sites is 2. The molecule has 0 aliphatic carbocycles. The third-order valence-corrected chi connectivity index (χ3v) is 9.04. The Morgan fingerprint density at radius 1 is 0.478 bits per heavy atom. The van der Waals surface area contributed by atoms with Gasteiger partial charge in [0, 0.05) is 33.8 Å². The minimum atomic E-state index is 0.0608. The molecule has 1 aromatic heterocycles. The van der Waals surface area contributed by atoms with Crippen molar-refractivity contribution in [1.29, 1.82) is 0 Å². The zero-order valence-corrected chi connectivity index (χ0v) is 26.4. The summed E-state index contributed by atoms with van der Waals surface area (Å²) in [6.45, 7) is 6.78. The Bertz CT molecular complexity index is 2330. The van der Waals surface area contributed by atoms with Crippen molar-refractivity contribution in [3.05, 3.63) is 163 Å². The topological polar surface area (TPSA) is 16.4 Å². The molecule has 2 heteroatoms. The Morgan fingerprint density at radius 2 is 1.11 bits per heavy atom. The standard InChI is InChI=1S/C44H35NO/c1-44(2,3)32-23-25-33(26-24-32)45(34-27-28-38-37-18-8-10-22-41(37)46-42(38)29-34)40-21-9-7-17-36(40)39-20-12-16-31-15-11-19-35(43(31)39)30-13-5-4-6-14-30/h4-29H,1-3H3. The van der Waals surface area contributed by atoms with Gasteiger partial charge in [0.1, 0.15) is 11.2 Å². The first-order chi connectivity index (χ1) is 22.5. The van der Waals surface area contributed by atoms with Gasteiger partial charge < -0.3 is 9.32 Å². The summed E-state index contributed by atoms with van der Waals surface area (Å²) in [6.07, 6.45) is 0. The SMILES string of the molecule is CC(C)(C)c1ccc(N(c2ccc3c(c2)oc2ccccc23)c2ccccc2-c2cccc3cccc(-c4ccccc4)c23)cc1. The Hall–Kier alpha value is -5.60. The second-order valence-corrected chi connectivity index (χ2v) is 13.0. The van der Waals surface area contributed by atoms with Crippen molar-refractivity contribution in [2.24, 2.45) is 0 Å².